The lowest BCUT2D eigenvalue weighted by molar-refractivity contribution is 0.104. The standard InChI is InChI=1S/C21H15NO2/c1-21(2)17-8-13(11-23)4-6-16(17)20(24)19-15-5-3-12(10-22)7-14(15)9-18(19)21/h3-8,11H,9H2,1-2H3. The lowest BCUT2D eigenvalue weighted by atomic mass is 9.68. The number of Topliss-reactive ketones (excluding diaryl/α,β-unsaturated/α-hetero) is 1. The fourth-order valence-corrected chi connectivity index (χ4v) is 3.94. The molecule has 2 aromatic rings. The fraction of sp³-hybridized carbons (Fsp3) is 0.190. The number of hydrogen-bond acceptors (Lipinski definition) is 3. The molecule has 0 N–H and O–H groups in total. The molecule has 116 valence electrons. The number of rotatable bonds is 1. The van der Waals surface area contributed by atoms with Gasteiger partial charge in [0, 0.05) is 22.1 Å². The molecule has 0 aliphatic heterocycles. The van der Waals surface area contributed by atoms with Gasteiger partial charge in [0.1, 0.15) is 6.29 Å². The van der Waals surface area contributed by atoms with Crippen LogP contribution in [0.1, 0.15) is 56.8 Å². The smallest absolute Gasteiger partial charge is 0.193 e. The van der Waals surface area contributed by atoms with E-state index in [0.29, 0.717) is 23.1 Å². The molecule has 0 radical (unpaired) electrons. The van der Waals surface area contributed by atoms with Gasteiger partial charge in [0.15, 0.2) is 5.78 Å². The van der Waals surface area contributed by atoms with Gasteiger partial charge in [0.25, 0.3) is 0 Å². The molecule has 2 aliphatic rings. The highest BCUT2D eigenvalue weighted by Crippen LogP contribution is 2.49. The molecule has 0 saturated heterocycles. The SMILES string of the molecule is CC1(C)C2=C(C(=O)c3ccc(C=O)cc31)c1ccc(C#N)cc1C2. The van der Waals surface area contributed by atoms with E-state index in [0.717, 1.165) is 34.1 Å². The van der Waals surface area contributed by atoms with Gasteiger partial charge >= 0.3 is 0 Å². The largest absolute Gasteiger partial charge is 0.298 e. The summed E-state index contributed by atoms with van der Waals surface area (Å²) in [6, 6.07) is 13.0. The summed E-state index contributed by atoms with van der Waals surface area (Å²) in [7, 11) is 0. The quantitative estimate of drug-likeness (QED) is 0.751. The predicted octanol–water partition coefficient (Wildman–Crippen LogP) is 3.85. The van der Waals surface area contributed by atoms with Crippen LogP contribution in [-0.2, 0) is 11.8 Å². The molecule has 0 fully saturated rings. The van der Waals surface area contributed by atoms with Crippen LogP contribution in [0.4, 0.5) is 0 Å². The van der Waals surface area contributed by atoms with Crippen molar-refractivity contribution in [3.63, 3.8) is 0 Å². The molecule has 0 unspecified atom stereocenters. The van der Waals surface area contributed by atoms with Crippen molar-refractivity contribution in [3.8, 4) is 6.07 Å². The first-order valence-electron chi connectivity index (χ1n) is 7.89. The second kappa shape index (κ2) is 4.75. The number of carbonyl (C=O) groups is 2. The minimum atomic E-state index is -0.330. The van der Waals surface area contributed by atoms with Gasteiger partial charge < -0.3 is 0 Å². The molecule has 24 heavy (non-hydrogen) atoms. The highest BCUT2D eigenvalue weighted by molar-refractivity contribution is 6.33. The highest BCUT2D eigenvalue weighted by atomic mass is 16.1. The summed E-state index contributed by atoms with van der Waals surface area (Å²) in [5.74, 6) is 0.0141. The minimum absolute atomic E-state index is 0.0141. The number of ketones is 1. The molecule has 2 aliphatic carbocycles. The van der Waals surface area contributed by atoms with E-state index in [2.05, 4.69) is 19.9 Å². The van der Waals surface area contributed by atoms with E-state index >= 15 is 0 Å². The normalized spacial score (nSPS) is 17.0. The zero-order chi connectivity index (χ0) is 17.1. The van der Waals surface area contributed by atoms with E-state index in [-0.39, 0.29) is 11.2 Å². The zero-order valence-corrected chi connectivity index (χ0v) is 13.5. The Morgan fingerprint density at radius 3 is 2.58 bits per heavy atom. The summed E-state index contributed by atoms with van der Waals surface area (Å²) < 4.78 is 0. The highest BCUT2D eigenvalue weighted by Gasteiger charge is 2.42. The number of hydrogen-bond donors (Lipinski definition) is 0. The van der Waals surface area contributed by atoms with Crippen molar-refractivity contribution in [1.29, 1.82) is 5.26 Å². The molecular formula is C21H15NO2. The second-order valence-corrected chi connectivity index (χ2v) is 6.89. The molecule has 4 rings (SSSR count). The van der Waals surface area contributed by atoms with E-state index in [9.17, 15) is 9.59 Å². The van der Waals surface area contributed by atoms with E-state index in [1.54, 1.807) is 18.2 Å². The van der Waals surface area contributed by atoms with Gasteiger partial charge in [-0.3, -0.25) is 9.59 Å². The molecular weight excluding hydrogens is 298 g/mol. The van der Waals surface area contributed by atoms with Crippen molar-refractivity contribution in [2.45, 2.75) is 25.7 Å². The average molecular weight is 313 g/mol. The third-order valence-electron chi connectivity index (χ3n) is 5.25. The van der Waals surface area contributed by atoms with Crippen LogP contribution < -0.4 is 0 Å². The number of benzene rings is 2. The third-order valence-corrected chi connectivity index (χ3v) is 5.25. The Bertz CT molecular complexity index is 1000. The average Bonchev–Trinajstić information content (AvgIpc) is 2.99. The molecule has 0 aromatic heterocycles. The first-order valence-corrected chi connectivity index (χ1v) is 7.89. The van der Waals surface area contributed by atoms with Crippen molar-refractivity contribution >= 4 is 17.6 Å². The predicted molar refractivity (Wildman–Crippen MR) is 91.0 cm³/mol. The van der Waals surface area contributed by atoms with Gasteiger partial charge in [-0.15, -0.1) is 0 Å². The van der Waals surface area contributed by atoms with Gasteiger partial charge in [-0.2, -0.15) is 5.26 Å². The fourth-order valence-electron chi connectivity index (χ4n) is 3.94. The van der Waals surface area contributed by atoms with Gasteiger partial charge in [-0.25, -0.2) is 0 Å². The summed E-state index contributed by atoms with van der Waals surface area (Å²) in [6.07, 6.45) is 1.48. The Morgan fingerprint density at radius 1 is 1.12 bits per heavy atom. The van der Waals surface area contributed by atoms with E-state index in [1.807, 2.05) is 18.2 Å². The first kappa shape index (κ1) is 14.6. The van der Waals surface area contributed by atoms with Gasteiger partial charge in [0.05, 0.1) is 11.6 Å². The van der Waals surface area contributed by atoms with E-state index in [4.69, 9.17) is 5.26 Å². The lowest BCUT2D eigenvalue weighted by Crippen LogP contribution is -2.30. The van der Waals surface area contributed by atoms with Crippen LogP contribution >= 0.6 is 0 Å². The summed E-state index contributed by atoms with van der Waals surface area (Å²) in [4.78, 5) is 24.2. The Balaban J connectivity index is 1.96. The van der Waals surface area contributed by atoms with Crippen molar-refractivity contribution in [2.24, 2.45) is 0 Å². The third kappa shape index (κ3) is 1.77. The molecule has 0 saturated carbocycles. The van der Waals surface area contributed by atoms with Crippen LogP contribution in [0.5, 0.6) is 0 Å². The van der Waals surface area contributed by atoms with Gasteiger partial charge in [-0.05, 0) is 46.9 Å². The second-order valence-electron chi connectivity index (χ2n) is 6.89. The van der Waals surface area contributed by atoms with Crippen LogP contribution in [0, 0.1) is 11.3 Å². The number of allylic oxidation sites excluding steroid dienone is 2. The van der Waals surface area contributed by atoms with E-state index in [1.165, 1.54) is 0 Å². The summed E-state index contributed by atoms with van der Waals surface area (Å²) in [6.45, 7) is 4.19. The number of fused-ring (bicyclic) bond motifs is 3. The molecule has 0 amide bonds. The Hall–Kier alpha value is -2.99. The molecule has 0 heterocycles. The maximum absolute atomic E-state index is 13.1. The number of aldehydes is 1. The molecule has 0 atom stereocenters. The maximum Gasteiger partial charge on any atom is 0.193 e. The molecule has 3 nitrogen and oxygen atoms in total. The van der Waals surface area contributed by atoms with Crippen LogP contribution in [0.3, 0.4) is 0 Å². The molecule has 3 heteroatoms. The zero-order valence-electron chi connectivity index (χ0n) is 13.5. The Labute approximate surface area is 140 Å². The van der Waals surface area contributed by atoms with Crippen molar-refractivity contribution in [2.75, 3.05) is 0 Å². The van der Waals surface area contributed by atoms with Crippen LogP contribution in [0.25, 0.3) is 5.57 Å². The summed E-state index contributed by atoms with van der Waals surface area (Å²) in [5, 5.41) is 9.12. The Morgan fingerprint density at radius 2 is 1.88 bits per heavy atom. The lowest BCUT2D eigenvalue weighted by Gasteiger charge is -2.34. The molecule has 0 spiro atoms. The van der Waals surface area contributed by atoms with Crippen LogP contribution in [-0.4, -0.2) is 12.1 Å². The first-order chi connectivity index (χ1) is 11.5. The topological polar surface area (TPSA) is 57.9 Å². The van der Waals surface area contributed by atoms with Crippen molar-refractivity contribution in [1.82, 2.24) is 0 Å². The minimum Gasteiger partial charge on any atom is -0.298 e. The van der Waals surface area contributed by atoms with Crippen LogP contribution in [0.2, 0.25) is 0 Å². The summed E-state index contributed by atoms with van der Waals surface area (Å²) in [5.41, 5.74) is 6.25. The maximum atomic E-state index is 13.1. The van der Waals surface area contributed by atoms with Gasteiger partial charge in [-0.1, -0.05) is 32.0 Å². The summed E-state index contributed by atoms with van der Waals surface area (Å²) >= 11 is 0. The monoisotopic (exact) mass is 313 g/mol. The van der Waals surface area contributed by atoms with Gasteiger partial charge in [0.2, 0.25) is 0 Å². The van der Waals surface area contributed by atoms with Crippen molar-refractivity contribution < 1.29 is 9.59 Å². The number of nitriles is 1. The van der Waals surface area contributed by atoms with E-state index < -0.39 is 0 Å². The number of nitrogens with zero attached hydrogens (tertiary/aromatic N) is 1. The Kier molecular flexibility index (Phi) is 2.89. The molecule has 2 aromatic carbocycles. The van der Waals surface area contributed by atoms with Crippen LogP contribution in [0.15, 0.2) is 42.0 Å². The number of carbonyl (C=O) groups excluding carboxylic acids is 2. The molecule has 0 bridgehead atoms. The van der Waals surface area contributed by atoms with Crippen molar-refractivity contribution in [3.05, 3.63) is 75.4 Å².